The molecule has 3 aromatic rings. The fourth-order valence-electron chi connectivity index (χ4n) is 2.26. The third-order valence-corrected chi connectivity index (χ3v) is 3.42. The van der Waals surface area contributed by atoms with E-state index in [-0.39, 0.29) is 0 Å². The monoisotopic (exact) mass is 266 g/mol. The van der Waals surface area contributed by atoms with Gasteiger partial charge in [-0.25, -0.2) is 4.52 Å². The van der Waals surface area contributed by atoms with E-state index < -0.39 is 0 Å². The molecule has 3 rings (SSSR count). The SMILES string of the molecule is Cc1ccc2nc(NCCc3ccccc3C)nn2c1. The van der Waals surface area contributed by atoms with Crippen molar-refractivity contribution in [1.82, 2.24) is 14.6 Å². The Hall–Kier alpha value is -2.36. The molecule has 4 nitrogen and oxygen atoms in total. The Morgan fingerprint density at radius 1 is 1.10 bits per heavy atom. The molecule has 20 heavy (non-hydrogen) atoms. The molecule has 2 heterocycles. The Balaban J connectivity index is 1.67. The summed E-state index contributed by atoms with van der Waals surface area (Å²) in [5.74, 6) is 0.684. The van der Waals surface area contributed by atoms with E-state index in [4.69, 9.17) is 0 Å². The van der Waals surface area contributed by atoms with E-state index in [2.05, 4.69) is 46.6 Å². The van der Waals surface area contributed by atoms with Gasteiger partial charge in [-0.3, -0.25) is 0 Å². The van der Waals surface area contributed by atoms with E-state index in [1.165, 1.54) is 16.7 Å². The van der Waals surface area contributed by atoms with Crippen molar-refractivity contribution in [3.8, 4) is 0 Å². The van der Waals surface area contributed by atoms with Gasteiger partial charge in [0.1, 0.15) is 0 Å². The normalized spacial score (nSPS) is 10.9. The van der Waals surface area contributed by atoms with E-state index in [1.54, 1.807) is 0 Å². The summed E-state index contributed by atoms with van der Waals surface area (Å²) in [4.78, 5) is 4.45. The second kappa shape index (κ2) is 5.33. The molecule has 0 aliphatic carbocycles. The summed E-state index contributed by atoms with van der Waals surface area (Å²) in [5.41, 5.74) is 4.73. The second-order valence-electron chi connectivity index (χ2n) is 5.05. The topological polar surface area (TPSA) is 42.2 Å². The largest absolute Gasteiger partial charge is 0.353 e. The molecule has 0 radical (unpaired) electrons. The summed E-state index contributed by atoms with van der Waals surface area (Å²) in [5, 5.41) is 7.71. The molecule has 0 amide bonds. The Kier molecular flexibility index (Phi) is 3.37. The maximum Gasteiger partial charge on any atom is 0.243 e. The molecule has 0 atom stereocenters. The molecule has 1 aromatic carbocycles. The molecule has 4 heteroatoms. The molecule has 102 valence electrons. The van der Waals surface area contributed by atoms with Crippen molar-refractivity contribution in [3.63, 3.8) is 0 Å². The summed E-state index contributed by atoms with van der Waals surface area (Å²) >= 11 is 0. The van der Waals surface area contributed by atoms with Gasteiger partial charge in [-0.1, -0.05) is 30.3 Å². The average molecular weight is 266 g/mol. The quantitative estimate of drug-likeness (QED) is 0.789. The fourth-order valence-corrected chi connectivity index (χ4v) is 2.26. The highest BCUT2D eigenvalue weighted by Crippen LogP contribution is 2.09. The van der Waals surface area contributed by atoms with Crippen molar-refractivity contribution in [2.45, 2.75) is 20.3 Å². The lowest BCUT2D eigenvalue weighted by atomic mass is 10.1. The van der Waals surface area contributed by atoms with E-state index in [9.17, 15) is 0 Å². The molecular formula is C16H18N4. The number of aryl methyl sites for hydroxylation is 2. The van der Waals surface area contributed by atoms with Gasteiger partial charge in [0.15, 0.2) is 5.65 Å². The number of rotatable bonds is 4. The van der Waals surface area contributed by atoms with Gasteiger partial charge < -0.3 is 5.32 Å². The first-order valence-electron chi connectivity index (χ1n) is 6.84. The first kappa shape index (κ1) is 12.7. The van der Waals surface area contributed by atoms with E-state index >= 15 is 0 Å². The van der Waals surface area contributed by atoms with Crippen molar-refractivity contribution < 1.29 is 0 Å². The molecule has 0 bridgehead atoms. The number of nitrogens with zero attached hydrogens (tertiary/aromatic N) is 3. The minimum Gasteiger partial charge on any atom is -0.353 e. The molecule has 0 aliphatic heterocycles. The highest BCUT2D eigenvalue weighted by Gasteiger charge is 2.03. The summed E-state index contributed by atoms with van der Waals surface area (Å²) in [6.45, 7) is 5.02. The van der Waals surface area contributed by atoms with Gasteiger partial charge in [0.2, 0.25) is 5.95 Å². The Morgan fingerprint density at radius 3 is 2.80 bits per heavy atom. The van der Waals surface area contributed by atoms with Crippen molar-refractivity contribution in [2.75, 3.05) is 11.9 Å². The van der Waals surface area contributed by atoms with Gasteiger partial charge in [0.25, 0.3) is 0 Å². The van der Waals surface area contributed by atoms with Crippen molar-refractivity contribution in [1.29, 1.82) is 0 Å². The number of anilines is 1. The van der Waals surface area contributed by atoms with Gasteiger partial charge in [0.05, 0.1) is 0 Å². The molecule has 0 saturated carbocycles. The van der Waals surface area contributed by atoms with Gasteiger partial charge in [-0.05, 0) is 43.0 Å². The molecule has 1 N–H and O–H groups in total. The summed E-state index contributed by atoms with van der Waals surface area (Å²) in [7, 11) is 0. The minimum absolute atomic E-state index is 0.684. The van der Waals surface area contributed by atoms with Crippen LogP contribution in [0.4, 0.5) is 5.95 Å². The van der Waals surface area contributed by atoms with E-state index in [1.807, 2.05) is 29.8 Å². The van der Waals surface area contributed by atoms with E-state index in [0.29, 0.717) is 5.95 Å². The van der Waals surface area contributed by atoms with Crippen LogP contribution in [0, 0.1) is 13.8 Å². The third kappa shape index (κ3) is 2.64. The van der Waals surface area contributed by atoms with Crippen LogP contribution in [0.5, 0.6) is 0 Å². The Labute approximate surface area is 118 Å². The maximum atomic E-state index is 4.45. The van der Waals surface area contributed by atoms with Crippen molar-refractivity contribution >= 4 is 11.6 Å². The summed E-state index contributed by atoms with van der Waals surface area (Å²) in [6, 6.07) is 12.5. The van der Waals surface area contributed by atoms with Gasteiger partial charge >= 0.3 is 0 Å². The lowest BCUT2D eigenvalue weighted by Crippen LogP contribution is -2.07. The standard InChI is InChI=1S/C16H18N4/c1-12-7-8-15-18-16(19-20(15)11-12)17-10-9-14-6-4-3-5-13(14)2/h3-8,11H,9-10H2,1-2H3,(H,17,19). The summed E-state index contributed by atoms with van der Waals surface area (Å²) in [6.07, 6.45) is 2.95. The van der Waals surface area contributed by atoms with Crippen LogP contribution in [0.15, 0.2) is 42.6 Å². The molecule has 2 aromatic heterocycles. The number of benzene rings is 1. The number of hydrogen-bond acceptors (Lipinski definition) is 3. The van der Waals surface area contributed by atoms with E-state index in [0.717, 1.165) is 18.6 Å². The van der Waals surface area contributed by atoms with Crippen LogP contribution < -0.4 is 5.32 Å². The molecule has 0 fully saturated rings. The maximum absolute atomic E-state index is 4.45. The van der Waals surface area contributed by atoms with Crippen LogP contribution in [-0.2, 0) is 6.42 Å². The molecular weight excluding hydrogens is 248 g/mol. The predicted molar refractivity (Wildman–Crippen MR) is 81.1 cm³/mol. The fraction of sp³-hybridized carbons (Fsp3) is 0.250. The predicted octanol–water partition coefficient (Wildman–Crippen LogP) is 3.00. The first-order valence-corrected chi connectivity index (χ1v) is 6.84. The van der Waals surface area contributed by atoms with Crippen molar-refractivity contribution in [2.24, 2.45) is 0 Å². The molecule has 0 saturated heterocycles. The summed E-state index contributed by atoms with van der Waals surface area (Å²) < 4.78 is 1.81. The van der Waals surface area contributed by atoms with Crippen LogP contribution in [0.1, 0.15) is 16.7 Å². The molecule has 0 spiro atoms. The number of hydrogen-bond donors (Lipinski definition) is 1. The number of pyridine rings is 1. The highest BCUT2D eigenvalue weighted by atomic mass is 15.3. The van der Waals surface area contributed by atoms with Gasteiger partial charge in [-0.2, -0.15) is 4.98 Å². The minimum atomic E-state index is 0.684. The van der Waals surface area contributed by atoms with Crippen LogP contribution >= 0.6 is 0 Å². The lowest BCUT2D eigenvalue weighted by Gasteiger charge is -2.05. The van der Waals surface area contributed by atoms with Crippen LogP contribution in [0.25, 0.3) is 5.65 Å². The Bertz CT molecular complexity index is 730. The Morgan fingerprint density at radius 2 is 1.95 bits per heavy atom. The van der Waals surface area contributed by atoms with Crippen LogP contribution in [0.3, 0.4) is 0 Å². The van der Waals surface area contributed by atoms with Crippen LogP contribution in [0.2, 0.25) is 0 Å². The highest BCUT2D eigenvalue weighted by molar-refractivity contribution is 5.44. The zero-order valence-corrected chi connectivity index (χ0v) is 11.8. The first-order chi connectivity index (χ1) is 9.72. The average Bonchev–Trinajstić information content (AvgIpc) is 2.83. The van der Waals surface area contributed by atoms with Crippen molar-refractivity contribution in [3.05, 3.63) is 59.3 Å². The lowest BCUT2D eigenvalue weighted by molar-refractivity contribution is 0.929. The zero-order valence-electron chi connectivity index (χ0n) is 11.8. The molecule has 0 aliphatic rings. The zero-order chi connectivity index (χ0) is 13.9. The second-order valence-corrected chi connectivity index (χ2v) is 5.05. The number of aromatic nitrogens is 3. The molecule has 0 unspecified atom stereocenters. The smallest absolute Gasteiger partial charge is 0.243 e. The van der Waals surface area contributed by atoms with Gasteiger partial charge in [0, 0.05) is 12.7 Å². The van der Waals surface area contributed by atoms with Crippen LogP contribution in [-0.4, -0.2) is 21.1 Å². The number of nitrogens with one attached hydrogen (secondary N) is 1. The van der Waals surface area contributed by atoms with Gasteiger partial charge in [-0.15, -0.1) is 5.10 Å². The third-order valence-electron chi connectivity index (χ3n) is 3.42. The number of fused-ring (bicyclic) bond motifs is 1.